The summed E-state index contributed by atoms with van der Waals surface area (Å²) in [5.74, 6) is 0.324. The number of amides is 2. The number of likely N-dealkylation sites (tertiary alicyclic amines) is 2. The number of nitrogens with zero attached hydrogens (tertiary/aromatic N) is 3. The molecule has 3 heterocycles. The first-order valence-corrected chi connectivity index (χ1v) is 8.67. The van der Waals surface area contributed by atoms with Gasteiger partial charge in [-0.2, -0.15) is 0 Å². The number of carbonyl (C=O) groups is 2. The lowest BCUT2D eigenvalue weighted by atomic mass is 9.88. The molecule has 2 atom stereocenters. The Hall–Kier alpha value is -1.91. The number of carbonyl (C=O) groups excluding carboxylic acids is 2. The molecule has 3 rings (SSSR count). The van der Waals surface area contributed by atoms with E-state index in [1.807, 2.05) is 28.9 Å². The van der Waals surface area contributed by atoms with Gasteiger partial charge in [-0.15, -0.1) is 0 Å². The maximum atomic E-state index is 13.0. The van der Waals surface area contributed by atoms with Crippen molar-refractivity contribution in [3.63, 3.8) is 0 Å². The van der Waals surface area contributed by atoms with Crippen LogP contribution in [0.5, 0.6) is 0 Å². The molecule has 1 aromatic rings. The van der Waals surface area contributed by atoms with Crippen molar-refractivity contribution in [2.75, 3.05) is 26.2 Å². The highest BCUT2D eigenvalue weighted by atomic mass is 16.2. The average Bonchev–Trinajstić information content (AvgIpc) is 3.07. The van der Waals surface area contributed by atoms with Crippen LogP contribution in [-0.2, 0) is 9.59 Å². The van der Waals surface area contributed by atoms with Crippen LogP contribution in [0, 0.1) is 5.92 Å². The molecule has 0 spiro atoms. The summed E-state index contributed by atoms with van der Waals surface area (Å²) in [7, 11) is 0. The summed E-state index contributed by atoms with van der Waals surface area (Å²) in [6.07, 6.45) is 7.42. The van der Waals surface area contributed by atoms with E-state index in [0.29, 0.717) is 19.5 Å². The minimum Gasteiger partial charge on any atom is -0.342 e. The predicted molar refractivity (Wildman–Crippen MR) is 87.8 cm³/mol. The van der Waals surface area contributed by atoms with Crippen LogP contribution in [0.25, 0.3) is 0 Å². The number of hydrogen-bond acceptors (Lipinski definition) is 3. The van der Waals surface area contributed by atoms with E-state index in [9.17, 15) is 9.59 Å². The smallest absolute Gasteiger partial charge is 0.228 e. The zero-order valence-corrected chi connectivity index (χ0v) is 13.8. The van der Waals surface area contributed by atoms with E-state index in [1.165, 1.54) is 6.42 Å². The molecule has 0 saturated carbocycles. The van der Waals surface area contributed by atoms with E-state index >= 15 is 0 Å². The zero-order chi connectivity index (χ0) is 16.2. The van der Waals surface area contributed by atoms with Crippen LogP contribution >= 0.6 is 0 Å². The van der Waals surface area contributed by atoms with Gasteiger partial charge >= 0.3 is 0 Å². The molecule has 1 unspecified atom stereocenters. The highest BCUT2D eigenvalue weighted by molar-refractivity contribution is 5.83. The summed E-state index contributed by atoms with van der Waals surface area (Å²) in [5, 5.41) is 0. The molecule has 23 heavy (non-hydrogen) atoms. The van der Waals surface area contributed by atoms with Gasteiger partial charge in [-0.3, -0.25) is 14.6 Å². The Morgan fingerprint density at radius 3 is 2.43 bits per heavy atom. The highest BCUT2D eigenvalue weighted by Gasteiger charge is 2.41. The minimum absolute atomic E-state index is 0.0860. The lowest BCUT2D eigenvalue weighted by molar-refractivity contribution is -0.136. The van der Waals surface area contributed by atoms with Crippen LogP contribution in [0.1, 0.15) is 44.1 Å². The normalized spacial score (nSPS) is 24.7. The maximum absolute atomic E-state index is 13.0. The summed E-state index contributed by atoms with van der Waals surface area (Å²) in [6.45, 7) is 4.79. The van der Waals surface area contributed by atoms with Gasteiger partial charge in [0, 0.05) is 50.9 Å². The fourth-order valence-corrected chi connectivity index (χ4v) is 3.78. The third-order valence-corrected chi connectivity index (χ3v) is 5.09. The van der Waals surface area contributed by atoms with Crippen molar-refractivity contribution in [2.45, 2.75) is 38.5 Å². The van der Waals surface area contributed by atoms with Crippen molar-refractivity contribution in [3.05, 3.63) is 30.1 Å². The van der Waals surface area contributed by atoms with Gasteiger partial charge in [0.05, 0.1) is 5.92 Å². The Morgan fingerprint density at radius 2 is 1.78 bits per heavy atom. The largest absolute Gasteiger partial charge is 0.342 e. The van der Waals surface area contributed by atoms with E-state index in [-0.39, 0.29) is 23.7 Å². The molecule has 0 radical (unpaired) electrons. The third-order valence-electron chi connectivity index (χ3n) is 5.09. The quantitative estimate of drug-likeness (QED) is 0.858. The molecular weight excluding hydrogens is 290 g/mol. The van der Waals surface area contributed by atoms with Gasteiger partial charge in [0.2, 0.25) is 11.8 Å². The second kappa shape index (κ2) is 7.11. The van der Waals surface area contributed by atoms with E-state index in [2.05, 4.69) is 4.98 Å². The van der Waals surface area contributed by atoms with Gasteiger partial charge < -0.3 is 9.80 Å². The lowest BCUT2D eigenvalue weighted by Crippen LogP contribution is -2.42. The van der Waals surface area contributed by atoms with E-state index in [1.54, 1.807) is 12.4 Å². The fourth-order valence-electron chi connectivity index (χ4n) is 3.78. The van der Waals surface area contributed by atoms with Gasteiger partial charge in [-0.1, -0.05) is 6.92 Å². The molecule has 0 N–H and O–H groups in total. The van der Waals surface area contributed by atoms with Crippen LogP contribution in [0.2, 0.25) is 0 Å². The van der Waals surface area contributed by atoms with Gasteiger partial charge in [-0.05, 0) is 37.0 Å². The Morgan fingerprint density at radius 1 is 1.09 bits per heavy atom. The molecule has 2 fully saturated rings. The lowest BCUT2D eigenvalue weighted by Gasteiger charge is -2.30. The van der Waals surface area contributed by atoms with Crippen molar-refractivity contribution < 1.29 is 9.59 Å². The van der Waals surface area contributed by atoms with Crippen LogP contribution in [0.4, 0.5) is 0 Å². The first-order chi connectivity index (χ1) is 11.2. The summed E-state index contributed by atoms with van der Waals surface area (Å²) in [6, 6.07) is 3.95. The van der Waals surface area contributed by atoms with Gasteiger partial charge in [0.15, 0.2) is 0 Å². The van der Waals surface area contributed by atoms with Crippen LogP contribution < -0.4 is 0 Å². The van der Waals surface area contributed by atoms with E-state index < -0.39 is 0 Å². The molecule has 2 aliphatic heterocycles. The van der Waals surface area contributed by atoms with Crippen molar-refractivity contribution in [3.8, 4) is 0 Å². The standard InChI is InChI=1S/C18H25N3O2/c1-2-17(22)21-12-15(14-6-8-19-9-7-14)16(13-21)18(23)20-10-4-3-5-11-20/h6-9,15-16H,2-5,10-13H2,1H3/t15-,16?/m0/s1. The molecule has 2 aliphatic rings. The second-order valence-electron chi connectivity index (χ2n) is 6.53. The van der Waals surface area contributed by atoms with Gasteiger partial charge in [-0.25, -0.2) is 0 Å². The molecule has 5 nitrogen and oxygen atoms in total. The first-order valence-electron chi connectivity index (χ1n) is 8.67. The molecular formula is C18H25N3O2. The summed E-state index contributed by atoms with van der Waals surface area (Å²) in [5.41, 5.74) is 1.11. The first kappa shape index (κ1) is 16.0. The van der Waals surface area contributed by atoms with Crippen molar-refractivity contribution >= 4 is 11.8 Å². The molecule has 5 heteroatoms. The highest BCUT2D eigenvalue weighted by Crippen LogP contribution is 2.34. The summed E-state index contributed by atoms with van der Waals surface area (Å²) < 4.78 is 0. The molecule has 1 aromatic heterocycles. The minimum atomic E-state index is -0.119. The van der Waals surface area contributed by atoms with E-state index in [0.717, 1.165) is 31.5 Å². The Kier molecular flexibility index (Phi) is 4.94. The molecule has 0 aliphatic carbocycles. The SMILES string of the molecule is CCC(=O)N1CC(C(=O)N2CCCCC2)[C@H](c2ccncc2)C1. The number of piperidine rings is 1. The fraction of sp³-hybridized carbons (Fsp3) is 0.611. The Labute approximate surface area is 137 Å². The number of pyridine rings is 1. The molecule has 124 valence electrons. The van der Waals surface area contributed by atoms with Crippen LogP contribution in [0.3, 0.4) is 0 Å². The van der Waals surface area contributed by atoms with Gasteiger partial charge in [0.25, 0.3) is 0 Å². The Bertz CT molecular complexity index is 555. The maximum Gasteiger partial charge on any atom is 0.228 e. The summed E-state index contributed by atoms with van der Waals surface area (Å²) in [4.78, 5) is 33.1. The topological polar surface area (TPSA) is 53.5 Å². The average molecular weight is 315 g/mol. The predicted octanol–water partition coefficient (Wildman–Crippen LogP) is 2.05. The monoisotopic (exact) mass is 315 g/mol. The van der Waals surface area contributed by atoms with Crippen LogP contribution in [-0.4, -0.2) is 52.8 Å². The number of rotatable bonds is 3. The molecule has 0 aromatic carbocycles. The van der Waals surface area contributed by atoms with Crippen molar-refractivity contribution in [1.29, 1.82) is 0 Å². The summed E-state index contributed by atoms with van der Waals surface area (Å²) >= 11 is 0. The zero-order valence-electron chi connectivity index (χ0n) is 13.8. The Balaban J connectivity index is 1.81. The molecule has 2 amide bonds. The van der Waals surface area contributed by atoms with Crippen LogP contribution in [0.15, 0.2) is 24.5 Å². The second-order valence-corrected chi connectivity index (χ2v) is 6.53. The number of aromatic nitrogens is 1. The number of hydrogen-bond donors (Lipinski definition) is 0. The van der Waals surface area contributed by atoms with E-state index in [4.69, 9.17) is 0 Å². The molecule has 0 bridgehead atoms. The third kappa shape index (κ3) is 3.38. The van der Waals surface area contributed by atoms with Crippen molar-refractivity contribution in [2.24, 2.45) is 5.92 Å². The van der Waals surface area contributed by atoms with Crippen molar-refractivity contribution in [1.82, 2.24) is 14.8 Å². The van der Waals surface area contributed by atoms with Gasteiger partial charge in [0.1, 0.15) is 0 Å². The molecule has 2 saturated heterocycles.